The molecule has 2 N–H and O–H groups in total. The van der Waals surface area contributed by atoms with E-state index in [4.69, 9.17) is 27.9 Å². The van der Waals surface area contributed by atoms with Gasteiger partial charge in [-0.25, -0.2) is 4.90 Å². The monoisotopic (exact) mass is 843 g/mol. The molecule has 9 nitrogen and oxygen atoms in total. The quantitative estimate of drug-likeness (QED) is 0.113. The van der Waals surface area contributed by atoms with Gasteiger partial charge in [-0.15, -0.1) is 0 Å². The van der Waals surface area contributed by atoms with Gasteiger partial charge in [-0.05, 0) is 90.6 Å². The maximum Gasteiger partial charge on any atom is 0.416 e. The van der Waals surface area contributed by atoms with Gasteiger partial charge in [0, 0.05) is 10.9 Å². The van der Waals surface area contributed by atoms with Gasteiger partial charge in [0.2, 0.25) is 11.8 Å². The number of nitrogens with one attached hydrogen (secondary N) is 1. The summed E-state index contributed by atoms with van der Waals surface area (Å²) >= 11 is 12.6. The van der Waals surface area contributed by atoms with Crippen LogP contribution in [-0.4, -0.2) is 40.9 Å². The van der Waals surface area contributed by atoms with E-state index in [0.717, 1.165) is 5.01 Å². The van der Waals surface area contributed by atoms with Gasteiger partial charge in [0.05, 0.1) is 57.8 Å². The molecule has 4 aromatic carbocycles. The summed E-state index contributed by atoms with van der Waals surface area (Å²) in [6.45, 7) is 0. The van der Waals surface area contributed by atoms with E-state index in [9.17, 15) is 45.8 Å². The summed E-state index contributed by atoms with van der Waals surface area (Å²) < 4.78 is 88.9. The molecule has 0 radical (unpaired) electrons. The van der Waals surface area contributed by atoms with Crippen molar-refractivity contribution in [2.45, 2.75) is 36.5 Å². The largest absolute Gasteiger partial charge is 0.508 e. The molecule has 0 aromatic heterocycles. The molecule has 1 saturated carbocycles. The van der Waals surface area contributed by atoms with E-state index in [1.165, 1.54) is 43.5 Å². The normalized spacial score (nSPS) is 25.7. The third-order valence-electron chi connectivity index (χ3n) is 11.6. The summed E-state index contributed by atoms with van der Waals surface area (Å²) in [7, 11) is 1.44. The molecule has 6 unspecified atom stereocenters. The number of aromatic hydroxyl groups is 1. The van der Waals surface area contributed by atoms with Gasteiger partial charge in [-0.3, -0.25) is 24.6 Å². The van der Waals surface area contributed by atoms with Crippen LogP contribution in [0.25, 0.3) is 0 Å². The summed E-state index contributed by atoms with van der Waals surface area (Å²) in [4.78, 5) is 59.1. The molecule has 2 saturated heterocycles. The van der Waals surface area contributed by atoms with Crippen molar-refractivity contribution in [1.29, 1.82) is 0 Å². The first-order valence-corrected chi connectivity index (χ1v) is 18.5. The maximum absolute atomic E-state index is 15.3. The summed E-state index contributed by atoms with van der Waals surface area (Å²) in [5.41, 5.74) is -1.98. The number of halogens is 8. The highest BCUT2D eigenvalue weighted by molar-refractivity contribution is 6.36. The lowest BCUT2D eigenvalue weighted by Gasteiger charge is -2.50. The van der Waals surface area contributed by atoms with Crippen molar-refractivity contribution in [1.82, 2.24) is 5.01 Å². The zero-order valence-corrected chi connectivity index (χ0v) is 31.4. The zero-order chi connectivity index (χ0) is 41.6. The summed E-state index contributed by atoms with van der Waals surface area (Å²) in [5, 5.41) is 11.9. The van der Waals surface area contributed by atoms with Crippen molar-refractivity contribution in [3.63, 3.8) is 0 Å². The third kappa shape index (κ3) is 6.08. The minimum absolute atomic E-state index is 0.0728. The van der Waals surface area contributed by atoms with Crippen LogP contribution in [0.1, 0.15) is 41.0 Å². The van der Waals surface area contributed by atoms with Crippen LogP contribution in [-0.2, 0) is 36.9 Å². The molecule has 2 heterocycles. The third-order valence-corrected chi connectivity index (χ3v) is 12.2. The fourth-order valence-corrected chi connectivity index (χ4v) is 9.70. The number of imide groups is 2. The van der Waals surface area contributed by atoms with Gasteiger partial charge < -0.3 is 9.84 Å². The van der Waals surface area contributed by atoms with Crippen molar-refractivity contribution >= 4 is 58.2 Å². The molecule has 4 aromatic rings. The van der Waals surface area contributed by atoms with Crippen LogP contribution in [0.2, 0.25) is 10.0 Å². The van der Waals surface area contributed by atoms with Crippen LogP contribution in [0.3, 0.4) is 0 Å². The van der Waals surface area contributed by atoms with E-state index in [-0.39, 0.29) is 40.4 Å². The lowest BCUT2D eigenvalue weighted by atomic mass is 9.49. The number of carbonyl (C=O) groups excluding carboxylic acids is 4. The van der Waals surface area contributed by atoms with Crippen LogP contribution >= 0.6 is 23.2 Å². The van der Waals surface area contributed by atoms with Crippen LogP contribution in [0.5, 0.6) is 11.5 Å². The Balaban J connectivity index is 1.30. The molecule has 58 heavy (non-hydrogen) atoms. The Kier molecular flexibility index (Phi) is 9.35. The van der Waals surface area contributed by atoms with Crippen molar-refractivity contribution in [3.05, 3.63) is 129 Å². The minimum atomic E-state index is -5.25. The number of carbonyl (C=O) groups is 4. The molecular weight excluding hydrogens is 815 g/mol. The van der Waals surface area contributed by atoms with Gasteiger partial charge in [-0.2, -0.15) is 31.4 Å². The molecule has 17 heteroatoms. The number of hydrogen-bond acceptors (Lipinski definition) is 7. The molecule has 0 bridgehead atoms. The highest BCUT2D eigenvalue weighted by atomic mass is 35.5. The molecule has 300 valence electrons. The molecule has 2 aliphatic carbocycles. The van der Waals surface area contributed by atoms with Crippen LogP contribution in [0.15, 0.2) is 96.6 Å². The molecular formula is C41H29Cl2F6N3O6. The summed E-state index contributed by atoms with van der Waals surface area (Å²) in [6, 6.07) is 17.3. The van der Waals surface area contributed by atoms with Crippen molar-refractivity contribution in [2.75, 3.05) is 17.4 Å². The first kappa shape index (κ1) is 39.3. The van der Waals surface area contributed by atoms with E-state index in [0.29, 0.717) is 39.5 Å². The topological polar surface area (TPSA) is 116 Å². The SMILES string of the molecule is COc1ccc(C23C(=O)N(Nc4ccc(Cl)cc4Cl)C(=O)C2CC2C(=CCC4C(=O)N(c5cc(C(F)(F)F)cc(C(F)(F)F)c5)C(=O)C42)C3c2cccc(O)c2)cc1. The molecule has 2 aliphatic heterocycles. The zero-order valence-electron chi connectivity index (χ0n) is 29.9. The Morgan fingerprint density at radius 2 is 1.48 bits per heavy atom. The molecule has 8 rings (SSSR count). The number of nitrogens with zero attached hydrogens (tertiary/aromatic N) is 2. The standard InChI is InChI=1S/C41H29Cl2F6N3O6/c1-58-26-8-5-20(6-9-26)39-30(36(55)52(38(39)57)50-32-12-7-23(42)17-31(32)43)18-29-27(34(39)19-3-2-4-25(53)13-19)10-11-28-33(29)37(56)51(35(28)54)24-15-21(40(44,45)46)14-22(16-24)41(47,48)49/h2-10,12-17,28-30,33-34,50,53H,11,18H2,1H3. The summed E-state index contributed by atoms with van der Waals surface area (Å²) in [6.07, 6.45) is -9.27. The number of hydrogen-bond donors (Lipinski definition) is 2. The Labute approximate surface area is 335 Å². The number of phenols is 1. The molecule has 4 aliphatic rings. The average Bonchev–Trinajstić information content (AvgIpc) is 3.55. The van der Waals surface area contributed by atoms with Crippen LogP contribution < -0.4 is 15.1 Å². The van der Waals surface area contributed by atoms with Gasteiger partial charge >= 0.3 is 12.4 Å². The van der Waals surface area contributed by atoms with Crippen LogP contribution in [0, 0.1) is 23.7 Å². The number of benzene rings is 4. The first-order valence-electron chi connectivity index (χ1n) is 17.8. The average molecular weight is 845 g/mol. The van der Waals surface area contributed by atoms with Crippen molar-refractivity contribution in [3.8, 4) is 11.5 Å². The Hall–Kier alpha value is -5.54. The molecule has 6 atom stereocenters. The summed E-state index contributed by atoms with van der Waals surface area (Å²) in [5.74, 6) is -9.29. The number of alkyl halides is 6. The van der Waals surface area contributed by atoms with Gasteiger partial charge in [0.1, 0.15) is 11.5 Å². The number of allylic oxidation sites excluding steroid dienone is 2. The van der Waals surface area contributed by atoms with E-state index in [1.54, 1.807) is 36.4 Å². The van der Waals surface area contributed by atoms with E-state index in [1.807, 2.05) is 0 Å². The number of ether oxygens (including phenoxy) is 1. The lowest BCUT2D eigenvalue weighted by Crippen LogP contribution is -2.53. The smallest absolute Gasteiger partial charge is 0.416 e. The number of phenolic OH excluding ortho intramolecular Hbond substituents is 1. The number of hydrazine groups is 1. The predicted molar refractivity (Wildman–Crippen MR) is 198 cm³/mol. The minimum Gasteiger partial charge on any atom is -0.508 e. The Morgan fingerprint density at radius 3 is 2.09 bits per heavy atom. The number of fused-ring (bicyclic) bond motifs is 4. The highest BCUT2D eigenvalue weighted by Crippen LogP contribution is 2.64. The number of anilines is 2. The first-order chi connectivity index (χ1) is 27.4. The van der Waals surface area contributed by atoms with E-state index >= 15 is 4.79 Å². The van der Waals surface area contributed by atoms with E-state index in [2.05, 4.69) is 5.43 Å². The molecule has 0 spiro atoms. The fourth-order valence-electron chi connectivity index (χ4n) is 9.24. The van der Waals surface area contributed by atoms with Gasteiger partial charge in [0.25, 0.3) is 11.8 Å². The number of amides is 4. The Bertz CT molecular complexity index is 2410. The lowest BCUT2D eigenvalue weighted by molar-refractivity contribution is -0.143. The van der Waals surface area contributed by atoms with Gasteiger partial charge in [-0.1, -0.05) is 59.1 Å². The second-order valence-electron chi connectivity index (χ2n) is 14.6. The second kappa shape index (κ2) is 13.8. The van der Waals surface area contributed by atoms with E-state index < -0.39 is 87.8 Å². The second-order valence-corrected chi connectivity index (χ2v) is 15.4. The Morgan fingerprint density at radius 1 is 0.810 bits per heavy atom. The molecule has 3 fully saturated rings. The number of rotatable bonds is 6. The molecule has 4 amide bonds. The number of methoxy groups -OCH3 is 1. The van der Waals surface area contributed by atoms with Crippen molar-refractivity contribution < 1.29 is 55.4 Å². The van der Waals surface area contributed by atoms with Gasteiger partial charge in [0.15, 0.2) is 0 Å². The predicted octanol–water partition coefficient (Wildman–Crippen LogP) is 8.93. The maximum atomic E-state index is 15.3. The highest BCUT2D eigenvalue weighted by Gasteiger charge is 2.70. The van der Waals surface area contributed by atoms with Crippen molar-refractivity contribution in [2.24, 2.45) is 23.7 Å². The fraction of sp³-hybridized carbons (Fsp3) is 0.268. The van der Waals surface area contributed by atoms with Crippen LogP contribution in [0.4, 0.5) is 37.7 Å².